The molecular formula is C20H15F3N2O4S. The van der Waals surface area contributed by atoms with E-state index in [1.807, 2.05) is 0 Å². The molecule has 0 fully saturated rings. The fourth-order valence-electron chi connectivity index (χ4n) is 2.48. The van der Waals surface area contributed by atoms with Gasteiger partial charge in [0, 0.05) is 11.3 Å². The smallest absolute Gasteiger partial charge is 0.387 e. The van der Waals surface area contributed by atoms with Crippen LogP contribution in [0.3, 0.4) is 0 Å². The zero-order chi connectivity index (χ0) is 21.7. The molecule has 0 aromatic heterocycles. The van der Waals surface area contributed by atoms with Crippen LogP contribution < -0.4 is 14.8 Å². The fraction of sp³-hybridized carbons (Fsp3) is 0.0500. The normalized spacial score (nSPS) is 11.2. The van der Waals surface area contributed by atoms with Gasteiger partial charge in [-0.2, -0.15) is 8.78 Å². The number of para-hydroxylation sites is 1. The first-order chi connectivity index (χ1) is 14.2. The lowest BCUT2D eigenvalue weighted by Gasteiger charge is -2.11. The summed E-state index contributed by atoms with van der Waals surface area (Å²) in [6, 6.07) is 15.6. The predicted molar refractivity (Wildman–Crippen MR) is 105 cm³/mol. The van der Waals surface area contributed by atoms with E-state index in [4.69, 9.17) is 0 Å². The fourth-order valence-corrected chi connectivity index (χ4v) is 3.59. The summed E-state index contributed by atoms with van der Waals surface area (Å²) < 4.78 is 69.5. The Bertz CT molecular complexity index is 1150. The van der Waals surface area contributed by atoms with E-state index in [0.29, 0.717) is 5.69 Å². The Morgan fingerprint density at radius 2 is 1.63 bits per heavy atom. The molecule has 0 atom stereocenters. The number of amides is 1. The van der Waals surface area contributed by atoms with Gasteiger partial charge in [0.1, 0.15) is 11.6 Å². The first kappa shape index (κ1) is 21.2. The molecule has 1 amide bonds. The third-order valence-corrected chi connectivity index (χ3v) is 5.23. The van der Waals surface area contributed by atoms with Crippen molar-refractivity contribution in [2.24, 2.45) is 0 Å². The lowest BCUT2D eigenvalue weighted by atomic mass is 10.2. The maximum Gasteiger partial charge on any atom is 0.387 e. The number of sulfonamides is 1. The third-order valence-electron chi connectivity index (χ3n) is 3.86. The van der Waals surface area contributed by atoms with Crippen molar-refractivity contribution in [1.82, 2.24) is 0 Å². The van der Waals surface area contributed by atoms with Crippen LogP contribution in [-0.2, 0) is 10.0 Å². The van der Waals surface area contributed by atoms with Crippen LogP contribution in [0.5, 0.6) is 5.75 Å². The predicted octanol–water partition coefficient (Wildman–Crippen LogP) is 4.48. The van der Waals surface area contributed by atoms with Gasteiger partial charge in [-0.05, 0) is 54.6 Å². The molecule has 0 aliphatic rings. The zero-order valence-corrected chi connectivity index (χ0v) is 16.0. The van der Waals surface area contributed by atoms with Crippen LogP contribution in [-0.4, -0.2) is 20.9 Å². The zero-order valence-electron chi connectivity index (χ0n) is 15.2. The Kier molecular flexibility index (Phi) is 6.26. The maximum atomic E-state index is 13.7. The molecule has 6 nitrogen and oxygen atoms in total. The largest absolute Gasteiger partial charge is 0.435 e. The molecule has 3 aromatic carbocycles. The maximum absolute atomic E-state index is 13.7. The van der Waals surface area contributed by atoms with Gasteiger partial charge < -0.3 is 10.1 Å². The Labute approximate surface area is 170 Å². The summed E-state index contributed by atoms with van der Waals surface area (Å²) >= 11 is 0. The minimum Gasteiger partial charge on any atom is -0.435 e. The summed E-state index contributed by atoms with van der Waals surface area (Å²) in [5.41, 5.74) is 0.0946. The molecular weight excluding hydrogens is 421 g/mol. The van der Waals surface area contributed by atoms with Crippen LogP contribution in [0, 0.1) is 5.82 Å². The van der Waals surface area contributed by atoms with Gasteiger partial charge in [0.05, 0.1) is 10.6 Å². The van der Waals surface area contributed by atoms with Crippen LogP contribution in [0.4, 0.5) is 24.5 Å². The average molecular weight is 436 g/mol. The highest BCUT2D eigenvalue weighted by Gasteiger charge is 2.18. The number of hydrogen-bond donors (Lipinski definition) is 2. The number of halogens is 3. The highest BCUT2D eigenvalue weighted by atomic mass is 32.2. The molecule has 30 heavy (non-hydrogen) atoms. The molecule has 0 radical (unpaired) electrons. The van der Waals surface area contributed by atoms with Crippen molar-refractivity contribution in [1.29, 1.82) is 0 Å². The van der Waals surface area contributed by atoms with Crippen LogP contribution in [0.25, 0.3) is 0 Å². The minimum atomic E-state index is -4.14. The van der Waals surface area contributed by atoms with Gasteiger partial charge in [-0.15, -0.1) is 0 Å². The number of anilines is 2. The number of hydrogen-bond acceptors (Lipinski definition) is 4. The van der Waals surface area contributed by atoms with Crippen molar-refractivity contribution in [2.45, 2.75) is 11.5 Å². The number of carbonyl (C=O) groups excluding carboxylic acids is 1. The number of rotatable bonds is 7. The van der Waals surface area contributed by atoms with Gasteiger partial charge in [-0.3, -0.25) is 9.52 Å². The highest BCUT2D eigenvalue weighted by Crippen LogP contribution is 2.21. The molecule has 3 rings (SSSR count). The van der Waals surface area contributed by atoms with Crippen LogP contribution in [0.2, 0.25) is 0 Å². The van der Waals surface area contributed by atoms with Crippen molar-refractivity contribution in [3.63, 3.8) is 0 Å². The molecule has 3 aromatic rings. The summed E-state index contributed by atoms with van der Waals surface area (Å²) in [7, 11) is -4.14. The third kappa shape index (κ3) is 5.29. The number of carbonyl (C=O) groups is 1. The monoisotopic (exact) mass is 436 g/mol. The average Bonchev–Trinajstić information content (AvgIpc) is 2.71. The second-order valence-electron chi connectivity index (χ2n) is 5.97. The van der Waals surface area contributed by atoms with Crippen molar-refractivity contribution >= 4 is 27.3 Å². The van der Waals surface area contributed by atoms with E-state index in [9.17, 15) is 26.4 Å². The van der Waals surface area contributed by atoms with Gasteiger partial charge >= 0.3 is 6.61 Å². The van der Waals surface area contributed by atoms with Crippen molar-refractivity contribution in [2.75, 3.05) is 10.0 Å². The summed E-state index contributed by atoms with van der Waals surface area (Å²) in [6.07, 6.45) is 0. The second kappa shape index (κ2) is 8.87. The Morgan fingerprint density at radius 3 is 2.30 bits per heavy atom. The van der Waals surface area contributed by atoms with Crippen molar-refractivity contribution < 1.29 is 31.1 Å². The number of ether oxygens (including phenoxy) is 1. The van der Waals surface area contributed by atoms with Crippen LogP contribution in [0.15, 0.2) is 77.7 Å². The molecule has 0 unspecified atom stereocenters. The van der Waals surface area contributed by atoms with E-state index in [1.54, 1.807) is 0 Å². The molecule has 10 heteroatoms. The number of alkyl halides is 2. The van der Waals surface area contributed by atoms with Gasteiger partial charge in [-0.25, -0.2) is 12.8 Å². The molecule has 0 aliphatic carbocycles. The summed E-state index contributed by atoms with van der Waals surface area (Å²) in [5.74, 6) is -1.44. The van der Waals surface area contributed by atoms with E-state index in [2.05, 4.69) is 14.8 Å². The van der Waals surface area contributed by atoms with Gasteiger partial charge in [-0.1, -0.05) is 18.2 Å². The molecule has 0 spiro atoms. The molecule has 156 valence electrons. The SMILES string of the molecule is O=C(Nc1ccc(OC(F)F)cc1)c1cccc(S(=O)(=O)Nc2ccccc2F)c1. The molecule has 0 bridgehead atoms. The van der Waals surface area contributed by atoms with Gasteiger partial charge in [0.15, 0.2) is 0 Å². The first-order valence-electron chi connectivity index (χ1n) is 8.48. The van der Waals surface area contributed by atoms with Crippen LogP contribution >= 0.6 is 0 Å². The van der Waals surface area contributed by atoms with Crippen LogP contribution in [0.1, 0.15) is 10.4 Å². The molecule has 2 N–H and O–H groups in total. The second-order valence-corrected chi connectivity index (χ2v) is 7.65. The lowest BCUT2D eigenvalue weighted by Crippen LogP contribution is -2.16. The van der Waals surface area contributed by atoms with Gasteiger partial charge in [0.25, 0.3) is 15.9 Å². The standard InChI is InChI=1S/C20H15F3N2O4S/c21-17-6-1-2-7-18(17)25-30(27,28)16-5-3-4-13(12-16)19(26)24-14-8-10-15(11-9-14)29-20(22)23/h1-12,20,25H,(H,24,26). The Balaban J connectivity index is 1.76. The Hall–Kier alpha value is -3.53. The quantitative estimate of drug-likeness (QED) is 0.572. The molecule has 0 saturated heterocycles. The Morgan fingerprint density at radius 1 is 0.933 bits per heavy atom. The highest BCUT2D eigenvalue weighted by molar-refractivity contribution is 7.92. The van der Waals surface area contributed by atoms with E-state index >= 15 is 0 Å². The first-order valence-corrected chi connectivity index (χ1v) is 9.96. The molecule has 0 heterocycles. The minimum absolute atomic E-state index is 0.0271. The van der Waals surface area contributed by atoms with Gasteiger partial charge in [0.2, 0.25) is 0 Å². The lowest BCUT2D eigenvalue weighted by molar-refractivity contribution is -0.0498. The topological polar surface area (TPSA) is 84.5 Å². The summed E-state index contributed by atoms with van der Waals surface area (Å²) in [6.45, 7) is -2.96. The van der Waals surface area contributed by atoms with Crippen molar-refractivity contribution in [3.05, 3.63) is 84.2 Å². The number of nitrogens with one attached hydrogen (secondary N) is 2. The summed E-state index contributed by atoms with van der Waals surface area (Å²) in [5, 5.41) is 2.52. The molecule has 0 aliphatic heterocycles. The van der Waals surface area contributed by atoms with E-state index in [0.717, 1.165) is 12.1 Å². The molecule has 0 saturated carbocycles. The number of benzene rings is 3. The summed E-state index contributed by atoms with van der Waals surface area (Å²) in [4.78, 5) is 12.2. The van der Waals surface area contributed by atoms with E-state index in [-0.39, 0.29) is 21.9 Å². The van der Waals surface area contributed by atoms with E-state index < -0.39 is 28.4 Å². The van der Waals surface area contributed by atoms with Crippen molar-refractivity contribution in [3.8, 4) is 5.75 Å². The van der Waals surface area contributed by atoms with E-state index in [1.165, 1.54) is 60.7 Å².